The van der Waals surface area contributed by atoms with Gasteiger partial charge in [0.1, 0.15) is 6.54 Å². The van der Waals surface area contributed by atoms with E-state index in [9.17, 15) is 4.79 Å². The average molecular weight is 340 g/mol. The molecule has 0 saturated carbocycles. The molecular formula is C18H37N5O. The first-order valence-corrected chi connectivity index (χ1v) is 9.20. The van der Waals surface area contributed by atoms with Crippen molar-refractivity contribution in [3.8, 4) is 0 Å². The van der Waals surface area contributed by atoms with E-state index in [0.717, 1.165) is 19.0 Å². The predicted octanol–water partition coefficient (Wildman–Crippen LogP) is 1.53. The van der Waals surface area contributed by atoms with Crippen LogP contribution in [0.15, 0.2) is 4.99 Å². The van der Waals surface area contributed by atoms with E-state index in [0.29, 0.717) is 5.92 Å². The fourth-order valence-electron chi connectivity index (χ4n) is 2.67. The molecule has 0 unspecified atom stereocenters. The topological polar surface area (TPSA) is 60.0 Å². The summed E-state index contributed by atoms with van der Waals surface area (Å²) in [6.45, 7) is 13.0. The minimum absolute atomic E-state index is 0.0101. The van der Waals surface area contributed by atoms with Crippen molar-refractivity contribution in [1.82, 2.24) is 20.4 Å². The molecule has 1 fully saturated rings. The van der Waals surface area contributed by atoms with Crippen molar-refractivity contribution >= 4 is 11.9 Å². The van der Waals surface area contributed by atoms with Crippen LogP contribution in [0.4, 0.5) is 0 Å². The van der Waals surface area contributed by atoms with E-state index < -0.39 is 0 Å². The number of carbonyl (C=O) groups is 1. The van der Waals surface area contributed by atoms with E-state index >= 15 is 0 Å². The first-order chi connectivity index (χ1) is 11.2. The van der Waals surface area contributed by atoms with Crippen molar-refractivity contribution in [2.45, 2.75) is 52.5 Å². The molecule has 1 aliphatic heterocycles. The first kappa shape index (κ1) is 20.7. The van der Waals surface area contributed by atoms with Crippen molar-refractivity contribution in [2.75, 3.05) is 46.8 Å². The molecule has 24 heavy (non-hydrogen) atoms. The zero-order chi connectivity index (χ0) is 18.2. The normalized spacial score (nSPS) is 17.0. The number of nitrogens with zero attached hydrogens (tertiary/aromatic N) is 3. The lowest BCUT2D eigenvalue weighted by Crippen LogP contribution is -2.55. The molecule has 6 heteroatoms. The molecule has 6 nitrogen and oxygen atoms in total. The Morgan fingerprint density at radius 1 is 1.17 bits per heavy atom. The summed E-state index contributed by atoms with van der Waals surface area (Å²) in [5, 5.41) is 6.77. The van der Waals surface area contributed by atoms with Crippen LogP contribution in [0.5, 0.6) is 0 Å². The van der Waals surface area contributed by atoms with Crippen LogP contribution in [-0.2, 0) is 4.79 Å². The third kappa shape index (κ3) is 7.51. The second kappa shape index (κ2) is 9.87. The maximum atomic E-state index is 11.8. The summed E-state index contributed by atoms with van der Waals surface area (Å²) < 4.78 is 0. The van der Waals surface area contributed by atoms with Crippen LogP contribution in [0.2, 0.25) is 0 Å². The molecule has 2 N–H and O–H groups in total. The Kier molecular flexibility index (Phi) is 8.53. The Morgan fingerprint density at radius 3 is 2.33 bits per heavy atom. The molecule has 0 aromatic carbocycles. The molecule has 140 valence electrons. The Morgan fingerprint density at radius 2 is 1.79 bits per heavy atom. The van der Waals surface area contributed by atoms with Gasteiger partial charge < -0.3 is 15.5 Å². The number of carbonyl (C=O) groups excluding carboxylic acids is 1. The number of aliphatic imine (C=N–C) groups is 1. The number of hydrogen-bond acceptors (Lipinski definition) is 3. The van der Waals surface area contributed by atoms with Gasteiger partial charge in [0.25, 0.3) is 0 Å². The molecule has 0 radical (unpaired) electrons. The molecule has 0 atom stereocenters. The van der Waals surface area contributed by atoms with Gasteiger partial charge in [0, 0.05) is 32.7 Å². The van der Waals surface area contributed by atoms with Gasteiger partial charge in [0.15, 0.2) is 5.96 Å². The van der Waals surface area contributed by atoms with E-state index in [-0.39, 0.29) is 18.0 Å². The van der Waals surface area contributed by atoms with E-state index in [4.69, 9.17) is 0 Å². The summed E-state index contributed by atoms with van der Waals surface area (Å²) in [5.41, 5.74) is 0.0757. The largest absolute Gasteiger partial charge is 0.356 e. The van der Waals surface area contributed by atoms with Crippen LogP contribution >= 0.6 is 0 Å². The van der Waals surface area contributed by atoms with Crippen molar-refractivity contribution in [1.29, 1.82) is 0 Å². The molecule has 1 aliphatic rings. The standard InChI is InChI=1S/C18H37N5O/c1-15(2)12-19-17(20-13-16(24)22(5)6)21-14-18(3,4)23-10-8-7-9-11-23/h15H,7-14H2,1-6H3,(H2,19,20,21). The second-order valence-electron chi connectivity index (χ2n) is 7.94. The smallest absolute Gasteiger partial charge is 0.243 e. The number of nitrogens with one attached hydrogen (secondary N) is 2. The molecule has 0 aromatic heterocycles. The summed E-state index contributed by atoms with van der Waals surface area (Å²) in [4.78, 5) is 20.4. The van der Waals surface area contributed by atoms with Gasteiger partial charge in [-0.15, -0.1) is 0 Å². The summed E-state index contributed by atoms with van der Waals surface area (Å²) in [5.74, 6) is 1.26. The highest BCUT2D eigenvalue weighted by Crippen LogP contribution is 2.19. The average Bonchev–Trinajstić information content (AvgIpc) is 2.54. The van der Waals surface area contributed by atoms with E-state index in [1.54, 1.807) is 19.0 Å². The molecular weight excluding hydrogens is 302 g/mol. The third-order valence-electron chi connectivity index (χ3n) is 4.45. The van der Waals surface area contributed by atoms with Gasteiger partial charge in [0.05, 0.1) is 0 Å². The van der Waals surface area contributed by atoms with Crippen LogP contribution in [0.25, 0.3) is 0 Å². The number of rotatable bonds is 7. The van der Waals surface area contributed by atoms with Crippen molar-refractivity contribution in [3.05, 3.63) is 0 Å². The SMILES string of the molecule is CC(C)CNC(=NCC(=O)N(C)C)NCC(C)(C)N1CCCCC1. The zero-order valence-electron chi connectivity index (χ0n) is 16.5. The maximum absolute atomic E-state index is 11.8. The number of likely N-dealkylation sites (N-methyl/N-ethyl adjacent to an activating group) is 1. The maximum Gasteiger partial charge on any atom is 0.243 e. The Hall–Kier alpha value is -1.30. The molecule has 1 rings (SSSR count). The van der Waals surface area contributed by atoms with E-state index in [1.165, 1.54) is 32.4 Å². The second-order valence-corrected chi connectivity index (χ2v) is 7.94. The number of likely N-dealkylation sites (tertiary alicyclic amines) is 1. The van der Waals surface area contributed by atoms with Crippen molar-refractivity contribution in [3.63, 3.8) is 0 Å². The molecule has 0 spiro atoms. The van der Waals surface area contributed by atoms with Crippen molar-refractivity contribution < 1.29 is 4.79 Å². The van der Waals surface area contributed by atoms with Gasteiger partial charge in [-0.2, -0.15) is 0 Å². The van der Waals surface area contributed by atoms with Gasteiger partial charge in [-0.05, 0) is 45.7 Å². The summed E-state index contributed by atoms with van der Waals surface area (Å²) >= 11 is 0. The van der Waals surface area contributed by atoms with Gasteiger partial charge in [-0.3, -0.25) is 9.69 Å². The van der Waals surface area contributed by atoms with Crippen molar-refractivity contribution in [2.24, 2.45) is 10.9 Å². The lowest BCUT2D eigenvalue weighted by Gasteiger charge is -2.41. The number of hydrogen-bond donors (Lipinski definition) is 2. The highest BCUT2D eigenvalue weighted by atomic mass is 16.2. The Balaban J connectivity index is 2.62. The highest BCUT2D eigenvalue weighted by Gasteiger charge is 2.27. The van der Waals surface area contributed by atoms with E-state index in [2.05, 4.69) is 48.2 Å². The fourth-order valence-corrected chi connectivity index (χ4v) is 2.67. The zero-order valence-corrected chi connectivity index (χ0v) is 16.5. The predicted molar refractivity (Wildman–Crippen MR) is 101 cm³/mol. The quantitative estimate of drug-likeness (QED) is 0.545. The van der Waals surface area contributed by atoms with Gasteiger partial charge >= 0.3 is 0 Å². The van der Waals surface area contributed by atoms with E-state index in [1.807, 2.05) is 0 Å². The summed E-state index contributed by atoms with van der Waals surface area (Å²) in [6.07, 6.45) is 3.91. The van der Waals surface area contributed by atoms with Crippen LogP contribution in [0.1, 0.15) is 47.0 Å². The molecule has 0 aromatic rings. The minimum Gasteiger partial charge on any atom is -0.356 e. The summed E-state index contributed by atoms with van der Waals surface area (Å²) in [6, 6.07) is 0. The van der Waals surface area contributed by atoms with Crippen LogP contribution in [0, 0.1) is 5.92 Å². The van der Waals surface area contributed by atoms with Crippen LogP contribution in [-0.4, -0.2) is 74.0 Å². The molecule has 1 saturated heterocycles. The van der Waals surface area contributed by atoms with Gasteiger partial charge in [0.2, 0.25) is 5.91 Å². The van der Waals surface area contributed by atoms with Gasteiger partial charge in [-0.25, -0.2) is 4.99 Å². The van der Waals surface area contributed by atoms with Crippen LogP contribution in [0.3, 0.4) is 0 Å². The summed E-state index contributed by atoms with van der Waals surface area (Å²) in [7, 11) is 3.51. The lowest BCUT2D eigenvalue weighted by atomic mass is 9.98. The lowest BCUT2D eigenvalue weighted by molar-refractivity contribution is -0.127. The van der Waals surface area contributed by atoms with Crippen LogP contribution < -0.4 is 10.6 Å². The fraction of sp³-hybridized carbons (Fsp3) is 0.889. The monoisotopic (exact) mass is 339 g/mol. The number of piperidine rings is 1. The Labute approximate surface area is 148 Å². The first-order valence-electron chi connectivity index (χ1n) is 9.20. The molecule has 0 aliphatic carbocycles. The third-order valence-corrected chi connectivity index (χ3v) is 4.45. The molecule has 1 heterocycles. The number of amides is 1. The molecule has 0 bridgehead atoms. The molecule has 1 amide bonds. The highest BCUT2D eigenvalue weighted by molar-refractivity contribution is 5.84. The van der Waals surface area contributed by atoms with Gasteiger partial charge in [-0.1, -0.05) is 20.3 Å². The number of guanidine groups is 1. The Bertz CT molecular complexity index is 412. The minimum atomic E-state index is 0.0101.